The van der Waals surface area contributed by atoms with Crippen LogP contribution in [-0.2, 0) is 4.74 Å². The van der Waals surface area contributed by atoms with Crippen LogP contribution in [0.2, 0.25) is 0 Å². The fourth-order valence-electron chi connectivity index (χ4n) is 1.32. The molecule has 0 amide bonds. The lowest BCUT2D eigenvalue weighted by Gasteiger charge is -2.19. The smallest absolute Gasteiger partial charge is 0.0499 e. The molecule has 0 bridgehead atoms. The van der Waals surface area contributed by atoms with Gasteiger partial charge in [-0.3, -0.25) is 0 Å². The molecule has 2 atom stereocenters. The first kappa shape index (κ1) is 12.5. The highest BCUT2D eigenvalue weighted by atomic mass is 16.5. The maximum absolute atomic E-state index is 5.43. The van der Waals surface area contributed by atoms with Crippen LogP contribution in [0.1, 0.15) is 27.2 Å². The Bertz CT molecular complexity index is 134. The molecule has 0 aliphatic rings. The maximum atomic E-state index is 5.43. The van der Waals surface area contributed by atoms with Crippen LogP contribution >= 0.6 is 0 Å². The molecule has 0 saturated heterocycles. The lowest BCUT2D eigenvalue weighted by Crippen LogP contribution is -2.16. The molecule has 0 aliphatic carbocycles. The van der Waals surface area contributed by atoms with Gasteiger partial charge in [-0.05, 0) is 25.0 Å². The van der Waals surface area contributed by atoms with E-state index in [-0.39, 0.29) is 0 Å². The Morgan fingerprint density at radius 1 is 1.38 bits per heavy atom. The molecule has 2 heteroatoms. The van der Waals surface area contributed by atoms with Crippen molar-refractivity contribution in [1.82, 2.24) is 5.32 Å². The molecule has 0 spiro atoms. The van der Waals surface area contributed by atoms with Crippen molar-refractivity contribution >= 4 is 0 Å². The van der Waals surface area contributed by atoms with Gasteiger partial charge in [0.25, 0.3) is 0 Å². The van der Waals surface area contributed by atoms with Crippen LogP contribution in [0, 0.1) is 11.8 Å². The zero-order valence-corrected chi connectivity index (χ0v) is 9.34. The number of nitrogens with one attached hydrogen (secondary N) is 1. The summed E-state index contributed by atoms with van der Waals surface area (Å²) in [6.45, 7) is 8.19. The molecule has 0 aliphatic heterocycles. The van der Waals surface area contributed by atoms with E-state index in [0.717, 1.165) is 13.2 Å². The molecule has 0 rings (SSSR count). The molecule has 1 N–H and O–H groups in total. The Morgan fingerprint density at radius 2 is 2.08 bits per heavy atom. The van der Waals surface area contributed by atoms with Crippen molar-refractivity contribution in [1.29, 1.82) is 0 Å². The highest BCUT2D eigenvalue weighted by molar-refractivity contribution is 4.87. The van der Waals surface area contributed by atoms with Crippen LogP contribution in [0.5, 0.6) is 0 Å². The molecular formula is C11H23NO. The molecular weight excluding hydrogens is 162 g/mol. The minimum absolute atomic E-state index is 0.587. The van der Waals surface area contributed by atoms with Gasteiger partial charge in [-0.2, -0.15) is 0 Å². The summed E-state index contributed by atoms with van der Waals surface area (Å²) in [4.78, 5) is 0. The van der Waals surface area contributed by atoms with Gasteiger partial charge in [-0.25, -0.2) is 0 Å². The summed E-state index contributed by atoms with van der Waals surface area (Å²) in [5.74, 6) is 1.23. The van der Waals surface area contributed by atoms with Crippen LogP contribution in [0.25, 0.3) is 0 Å². The van der Waals surface area contributed by atoms with Gasteiger partial charge >= 0.3 is 0 Å². The van der Waals surface area contributed by atoms with Gasteiger partial charge in [0.05, 0.1) is 0 Å². The zero-order valence-electron chi connectivity index (χ0n) is 9.34. The van der Waals surface area contributed by atoms with Crippen LogP contribution in [0.15, 0.2) is 12.3 Å². The van der Waals surface area contributed by atoms with E-state index in [4.69, 9.17) is 4.74 Å². The zero-order chi connectivity index (χ0) is 10.1. The SMILES string of the molecule is CCOC[C@H](CC)C(C)/C=C\NC. The Labute approximate surface area is 82.4 Å². The van der Waals surface area contributed by atoms with E-state index in [1.807, 2.05) is 20.2 Å². The summed E-state index contributed by atoms with van der Waals surface area (Å²) in [6, 6.07) is 0. The summed E-state index contributed by atoms with van der Waals surface area (Å²) in [7, 11) is 1.92. The van der Waals surface area contributed by atoms with Gasteiger partial charge in [0, 0.05) is 20.3 Å². The fraction of sp³-hybridized carbons (Fsp3) is 0.818. The van der Waals surface area contributed by atoms with Crippen molar-refractivity contribution in [2.24, 2.45) is 11.8 Å². The standard InChI is InChI=1S/C11H23NO/c1-5-11(9-13-6-2)10(3)7-8-12-4/h7-8,10-12H,5-6,9H2,1-4H3/b8-7-/t10?,11-/m0/s1. The van der Waals surface area contributed by atoms with E-state index in [9.17, 15) is 0 Å². The van der Waals surface area contributed by atoms with E-state index in [1.165, 1.54) is 6.42 Å². The Kier molecular flexibility index (Phi) is 7.80. The predicted octanol–water partition coefficient (Wildman–Crippen LogP) is 2.42. The summed E-state index contributed by atoms with van der Waals surface area (Å²) < 4.78 is 5.43. The molecule has 0 fully saturated rings. The van der Waals surface area contributed by atoms with Gasteiger partial charge in [-0.15, -0.1) is 0 Å². The Balaban J connectivity index is 3.83. The molecule has 2 nitrogen and oxygen atoms in total. The second-order valence-electron chi connectivity index (χ2n) is 3.33. The maximum Gasteiger partial charge on any atom is 0.0499 e. The molecule has 1 unspecified atom stereocenters. The summed E-state index contributed by atoms with van der Waals surface area (Å²) in [6.07, 6.45) is 5.38. The summed E-state index contributed by atoms with van der Waals surface area (Å²) in [5, 5.41) is 3.01. The normalized spacial score (nSPS) is 16.0. The number of allylic oxidation sites excluding steroid dienone is 1. The van der Waals surface area contributed by atoms with Gasteiger partial charge < -0.3 is 10.1 Å². The Hall–Kier alpha value is -0.500. The van der Waals surface area contributed by atoms with E-state index in [2.05, 4.69) is 25.2 Å². The molecule has 0 aromatic carbocycles. The van der Waals surface area contributed by atoms with E-state index < -0.39 is 0 Å². The molecule has 78 valence electrons. The van der Waals surface area contributed by atoms with E-state index in [1.54, 1.807) is 0 Å². The minimum atomic E-state index is 0.587. The monoisotopic (exact) mass is 185 g/mol. The number of rotatable bonds is 7. The van der Waals surface area contributed by atoms with Gasteiger partial charge in [0.2, 0.25) is 0 Å². The van der Waals surface area contributed by atoms with Crippen molar-refractivity contribution in [3.05, 3.63) is 12.3 Å². The molecule has 0 saturated carbocycles. The minimum Gasteiger partial charge on any atom is -0.394 e. The molecule has 0 heterocycles. The number of hydrogen-bond acceptors (Lipinski definition) is 2. The number of ether oxygens (including phenoxy) is 1. The van der Waals surface area contributed by atoms with Gasteiger partial charge in [-0.1, -0.05) is 26.3 Å². The van der Waals surface area contributed by atoms with Crippen LogP contribution < -0.4 is 5.32 Å². The van der Waals surface area contributed by atoms with Crippen LogP contribution in [0.3, 0.4) is 0 Å². The average Bonchev–Trinajstić information content (AvgIpc) is 2.16. The van der Waals surface area contributed by atoms with Crippen LogP contribution in [-0.4, -0.2) is 20.3 Å². The van der Waals surface area contributed by atoms with E-state index in [0.29, 0.717) is 11.8 Å². The third kappa shape index (κ3) is 5.69. The van der Waals surface area contributed by atoms with Crippen molar-refractivity contribution in [3.8, 4) is 0 Å². The van der Waals surface area contributed by atoms with Gasteiger partial charge in [0.15, 0.2) is 0 Å². The third-order valence-electron chi connectivity index (χ3n) is 2.37. The fourth-order valence-corrected chi connectivity index (χ4v) is 1.32. The quantitative estimate of drug-likeness (QED) is 0.657. The molecule has 0 aromatic rings. The average molecular weight is 185 g/mol. The second kappa shape index (κ2) is 8.11. The predicted molar refractivity (Wildman–Crippen MR) is 57.6 cm³/mol. The molecule has 0 radical (unpaired) electrons. The highest BCUT2D eigenvalue weighted by Gasteiger charge is 2.12. The topological polar surface area (TPSA) is 21.3 Å². The molecule has 13 heavy (non-hydrogen) atoms. The first-order chi connectivity index (χ1) is 6.26. The molecule has 0 aromatic heterocycles. The highest BCUT2D eigenvalue weighted by Crippen LogP contribution is 2.16. The number of hydrogen-bond donors (Lipinski definition) is 1. The summed E-state index contributed by atoms with van der Waals surface area (Å²) in [5.41, 5.74) is 0. The second-order valence-corrected chi connectivity index (χ2v) is 3.33. The Morgan fingerprint density at radius 3 is 2.54 bits per heavy atom. The summed E-state index contributed by atoms with van der Waals surface area (Å²) >= 11 is 0. The van der Waals surface area contributed by atoms with Crippen molar-refractivity contribution in [3.63, 3.8) is 0 Å². The van der Waals surface area contributed by atoms with Crippen molar-refractivity contribution in [2.45, 2.75) is 27.2 Å². The third-order valence-corrected chi connectivity index (χ3v) is 2.37. The first-order valence-corrected chi connectivity index (χ1v) is 5.17. The van der Waals surface area contributed by atoms with E-state index >= 15 is 0 Å². The van der Waals surface area contributed by atoms with Crippen LogP contribution in [0.4, 0.5) is 0 Å². The van der Waals surface area contributed by atoms with Crippen molar-refractivity contribution < 1.29 is 4.74 Å². The van der Waals surface area contributed by atoms with Crippen molar-refractivity contribution in [2.75, 3.05) is 20.3 Å². The largest absolute Gasteiger partial charge is 0.394 e. The lowest BCUT2D eigenvalue weighted by atomic mass is 9.92. The first-order valence-electron chi connectivity index (χ1n) is 5.17. The lowest BCUT2D eigenvalue weighted by molar-refractivity contribution is 0.0955. The van der Waals surface area contributed by atoms with Gasteiger partial charge in [0.1, 0.15) is 0 Å².